The van der Waals surface area contributed by atoms with Gasteiger partial charge in [0.1, 0.15) is 0 Å². The largest absolute Gasteiger partial charge is 0.378 e. The first-order valence-corrected chi connectivity index (χ1v) is 13.5. The van der Waals surface area contributed by atoms with E-state index in [1.54, 1.807) is 5.56 Å². The van der Waals surface area contributed by atoms with Gasteiger partial charge in [0, 0.05) is 57.3 Å². The number of hydrogen-bond donors (Lipinski definition) is 0. The number of hydrogen-bond acceptors (Lipinski definition) is 4. The van der Waals surface area contributed by atoms with Crippen LogP contribution in [0.25, 0.3) is 0 Å². The molecule has 1 saturated carbocycles. The molecule has 2 aliphatic heterocycles. The maximum atomic E-state index is 5.89. The lowest BCUT2D eigenvalue weighted by molar-refractivity contribution is 0.0459. The van der Waals surface area contributed by atoms with Crippen molar-refractivity contribution in [2.24, 2.45) is 5.41 Å². The fraction of sp³-hybridized carbons (Fsp3) is 0.786. The van der Waals surface area contributed by atoms with E-state index in [2.05, 4.69) is 60.6 Å². The van der Waals surface area contributed by atoms with Gasteiger partial charge in [0.15, 0.2) is 0 Å². The Balaban J connectivity index is 0.00000306. The third kappa shape index (κ3) is 6.80. The molecule has 33 heavy (non-hydrogen) atoms. The number of halogens is 1. The van der Waals surface area contributed by atoms with Crippen LogP contribution in [0.4, 0.5) is 11.4 Å². The topological polar surface area (TPSA) is 19.0 Å². The molecule has 0 radical (unpaired) electrons. The second-order valence-electron chi connectivity index (χ2n) is 11.2. The van der Waals surface area contributed by atoms with E-state index < -0.39 is 0 Å². The lowest BCUT2D eigenvalue weighted by Gasteiger charge is -2.40. The zero-order valence-corrected chi connectivity index (χ0v) is 22.5. The highest BCUT2D eigenvalue weighted by Gasteiger charge is 2.31. The van der Waals surface area contributed by atoms with Crippen molar-refractivity contribution in [3.8, 4) is 0 Å². The van der Waals surface area contributed by atoms with Crippen LogP contribution >= 0.6 is 12.4 Å². The van der Waals surface area contributed by atoms with Crippen LogP contribution in [-0.4, -0.2) is 63.4 Å². The second-order valence-corrected chi connectivity index (χ2v) is 11.2. The number of ether oxygens (including phenoxy) is 1. The first-order chi connectivity index (χ1) is 15.5. The Morgan fingerprint density at radius 3 is 2.15 bits per heavy atom. The number of piperazine rings is 1. The van der Waals surface area contributed by atoms with Gasteiger partial charge in [-0.05, 0) is 93.5 Å². The Bertz CT molecular complexity index is 714. The summed E-state index contributed by atoms with van der Waals surface area (Å²) in [7, 11) is 0. The molecule has 5 heteroatoms. The molecule has 0 unspecified atom stereocenters. The highest BCUT2D eigenvalue weighted by molar-refractivity contribution is 5.85. The Labute approximate surface area is 209 Å². The molecule has 0 N–H and O–H groups in total. The summed E-state index contributed by atoms with van der Waals surface area (Å²) < 4.78 is 5.89. The zero-order chi connectivity index (χ0) is 22.6. The summed E-state index contributed by atoms with van der Waals surface area (Å²) in [4.78, 5) is 7.93. The number of piperidine rings is 1. The highest BCUT2D eigenvalue weighted by atomic mass is 35.5. The number of rotatable bonds is 7. The third-order valence-corrected chi connectivity index (χ3v) is 8.25. The Hall–Kier alpha value is -0.970. The zero-order valence-electron chi connectivity index (χ0n) is 21.7. The van der Waals surface area contributed by atoms with E-state index in [9.17, 15) is 0 Å². The van der Waals surface area contributed by atoms with Crippen LogP contribution in [-0.2, 0) is 4.74 Å². The molecule has 188 valence electrons. The summed E-state index contributed by atoms with van der Waals surface area (Å²) in [6, 6.07) is 7.46. The third-order valence-electron chi connectivity index (χ3n) is 8.25. The molecule has 0 aromatic heterocycles. The summed E-state index contributed by atoms with van der Waals surface area (Å²) in [6.07, 6.45) is 9.41. The normalized spacial score (nSPS) is 22.9. The van der Waals surface area contributed by atoms with Gasteiger partial charge >= 0.3 is 0 Å². The molecule has 4 rings (SSSR count). The molecule has 0 atom stereocenters. The molecule has 1 aromatic rings. The SMILES string of the molecule is CCCN1CCN(c2ccc(N3CCC(OCC)CC3)cc2C2CCC(C)(C)CC2)CC1.Cl. The summed E-state index contributed by atoms with van der Waals surface area (Å²) in [5.74, 6) is 0.715. The van der Waals surface area contributed by atoms with Gasteiger partial charge in [0.2, 0.25) is 0 Å². The summed E-state index contributed by atoms with van der Waals surface area (Å²) in [5, 5.41) is 0. The minimum absolute atomic E-state index is 0. The van der Waals surface area contributed by atoms with Crippen molar-refractivity contribution in [1.29, 1.82) is 0 Å². The van der Waals surface area contributed by atoms with E-state index in [4.69, 9.17) is 4.74 Å². The van der Waals surface area contributed by atoms with Crippen molar-refractivity contribution in [2.75, 3.05) is 62.2 Å². The first kappa shape index (κ1) is 26.6. The molecule has 0 spiro atoms. The van der Waals surface area contributed by atoms with E-state index >= 15 is 0 Å². The van der Waals surface area contributed by atoms with Crippen LogP contribution in [0, 0.1) is 5.41 Å². The molecule has 4 nitrogen and oxygen atoms in total. The minimum atomic E-state index is 0. The Morgan fingerprint density at radius 1 is 0.879 bits per heavy atom. The molecule has 1 aromatic carbocycles. The van der Waals surface area contributed by atoms with Crippen molar-refractivity contribution in [1.82, 2.24) is 4.90 Å². The van der Waals surface area contributed by atoms with Crippen molar-refractivity contribution in [3.63, 3.8) is 0 Å². The second kappa shape index (κ2) is 12.1. The summed E-state index contributed by atoms with van der Waals surface area (Å²) in [5.41, 5.74) is 5.11. The number of benzene rings is 1. The first-order valence-electron chi connectivity index (χ1n) is 13.5. The molecular weight excluding hydrogens is 430 g/mol. The summed E-state index contributed by atoms with van der Waals surface area (Å²) in [6.45, 7) is 18.4. The highest BCUT2D eigenvalue weighted by Crippen LogP contribution is 2.46. The van der Waals surface area contributed by atoms with E-state index in [-0.39, 0.29) is 12.4 Å². The number of nitrogens with zero attached hydrogens (tertiary/aromatic N) is 3. The average molecular weight is 478 g/mol. The van der Waals surface area contributed by atoms with Crippen molar-refractivity contribution >= 4 is 23.8 Å². The monoisotopic (exact) mass is 477 g/mol. The maximum Gasteiger partial charge on any atom is 0.0608 e. The molecule has 2 heterocycles. The standard InChI is InChI=1S/C28H47N3O.ClH/c1-5-15-29-18-20-31(21-19-29)27-8-7-24(30-16-11-25(12-17-30)32-6-2)22-26(27)23-9-13-28(3,4)14-10-23;/h7-8,22-23,25H,5-6,9-21H2,1-4H3;1H. The van der Waals surface area contributed by atoms with Gasteiger partial charge in [-0.1, -0.05) is 20.8 Å². The van der Waals surface area contributed by atoms with Crippen LogP contribution in [0.2, 0.25) is 0 Å². The van der Waals surface area contributed by atoms with Crippen molar-refractivity contribution in [3.05, 3.63) is 23.8 Å². The van der Waals surface area contributed by atoms with Gasteiger partial charge < -0.3 is 14.5 Å². The maximum absolute atomic E-state index is 5.89. The number of anilines is 2. The predicted octanol–water partition coefficient (Wildman–Crippen LogP) is 6.33. The van der Waals surface area contributed by atoms with Crippen LogP contribution in [0.1, 0.15) is 84.1 Å². The molecule has 2 saturated heterocycles. The average Bonchev–Trinajstić information content (AvgIpc) is 2.80. The molecule has 3 fully saturated rings. The fourth-order valence-corrected chi connectivity index (χ4v) is 6.11. The summed E-state index contributed by atoms with van der Waals surface area (Å²) >= 11 is 0. The van der Waals surface area contributed by atoms with Gasteiger partial charge in [-0.15, -0.1) is 12.4 Å². The van der Waals surface area contributed by atoms with E-state index in [1.807, 2.05) is 0 Å². The van der Waals surface area contributed by atoms with E-state index in [0.717, 1.165) is 32.5 Å². The lowest BCUT2D eigenvalue weighted by Crippen LogP contribution is -2.47. The molecule has 0 bridgehead atoms. The van der Waals surface area contributed by atoms with Crippen LogP contribution < -0.4 is 9.80 Å². The van der Waals surface area contributed by atoms with Crippen LogP contribution in [0.5, 0.6) is 0 Å². The quantitative estimate of drug-likeness (QED) is 0.456. The van der Waals surface area contributed by atoms with Gasteiger partial charge in [-0.2, -0.15) is 0 Å². The smallest absolute Gasteiger partial charge is 0.0608 e. The van der Waals surface area contributed by atoms with Crippen molar-refractivity contribution in [2.45, 2.75) is 84.7 Å². The molecular formula is C28H48ClN3O. The fourth-order valence-electron chi connectivity index (χ4n) is 6.11. The van der Waals surface area contributed by atoms with Crippen molar-refractivity contribution < 1.29 is 4.74 Å². The van der Waals surface area contributed by atoms with Crippen LogP contribution in [0.15, 0.2) is 18.2 Å². The predicted molar refractivity (Wildman–Crippen MR) is 144 cm³/mol. The van der Waals surface area contributed by atoms with Gasteiger partial charge in [0.05, 0.1) is 6.10 Å². The lowest BCUT2D eigenvalue weighted by atomic mass is 9.71. The molecule has 1 aliphatic carbocycles. The Kier molecular flexibility index (Phi) is 9.79. The van der Waals surface area contributed by atoms with Gasteiger partial charge in [-0.3, -0.25) is 4.90 Å². The van der Waals surface area contributed by atoms with Gasteiger partial charge in [-0.25, -0.2) is 0 Å². The molecule has 0 amide bonds. The minimum Gasteiger partial charge on any atom is -0.378 e. The van der Waals surface area contributed by atoms with E-state index in [0.29, 0.717) is 17.4 Å². The van der Waals surface area contributed by atoms with E-state index in [1.165, 1.54) is 76.2 Å². The van der Waals surface area contributed by atoms with Gasteiger partial charge in [0.25, 0.3) is 0 Å². The molecule has 3 aliphatic rings. The van der Waals surface area contributed by atoms with Crippen LogP contribution in [0.3, 0.4) is 0 Å². The Morgan fingerprint density at radius 2 is 1.55 bits per heavy atom.